The molecule has 5 rings (SSSR count). The van der Waals surface area contributed by atoms with E-state index in [1.807, 2.05) is 24.3 Å². The number of ether oxygens (including phenoxy) is 1. The zero-order chi connectivity index (χ0) is 28.6. The number of aliphatic carboxylic acids is 1. The van der Waals surface area contributed by atoms with Gasteiger partial charge in [-0.1, -0.05) is 29.6 Å². The van der Waals surface area contributed by atoms with Gasteiger partial charge in [0.05, 0.1) is 18.1 Å². The molecule has 2 N–H and O–H groups in total. The van der Waals surface area contributed by atoms with E-state index in [0.29, 0.717) is 39.9 Å². The van der Waals surface area contributed by atoms with E-state index in [-0.39, 0.29) is 12.3 Å². The maximum Gasteiger partial charge on any atom is 0.303 e. The first-order valence-corrected chi connectivity index (χ1v) is 15.0. The van der Waals surface area contributed by atoms with Crippen molar-refractivity contribution < 1.29 is 14.6 Å². The molecule has 1 aromatic carbocycles. The standard InChI is InChI=1S/C30H36Cl2N6O3/c31-24-15-23(16-25(32)17-24)27-12-22(20-37-9-4-21(5-10-37)14-29(39)40)13-28(36-27)41-26-18-34-30(35-19-26)38-8-3-1-2-6-33-7-11-38/h12-13,15-19,21,33H,1-11,14,20H2,(H,39,40). The first-order chi connectivity index (χ1) is 19.9. The largest absolute Gasteiger partial charge is 0.481 e. The maximum absolute atomic E-state index is 11.1. The molecule has 0 radical (unpaired) electrons. The molecule has 9 nitrogen and oxygen atoms in total. The van der Waals surface area contributed by atoms with Gasteiger partial charge in [0.1, 0.15) is 0 Å². The van der Waals surface area contributed by atoms with Crippen molar-refractivity contribution in [3.05, 3.63) is 58.3 Å². The molecule has 0 spiro atoms. The maximum atomic E-state index is 11.1. The van der Waals surface area contributed by atoms with Gasteiger partial charge in [0.15, 0.2) is 5.75 Å². The molecule has 0 bridgehead atoms. The lowest BCUT2D eigenvalue weighted by molar-refractivity contribution is -0.138. The summed E-state index contributed by atoms with van der Waals surface area (Å²) < 4.78 is 6.18. The van der Waals surface area contributed by atoms with Crippen molar-refractivity contribution in [3.63, 3.8) is 0 Å². The fourth-order valence-electron chi connectivity index (χ4n) is 5.43. The topological polar surface area (TPSA) is 104 Å². The molecule has 2 fully saturated rings. The molecule has 2 aliphatic heterocycles. The summed E-state index contributed by atoms with van der Waals surface area (Å²) in [6.07, 6.45) is 8.86. The smallest absolute Gasteiger partial charge is 0.303 e. The first kappa shape index (κ1) is 29.5. The Balaban J connectivity index is 1.34. The number of benzene rings is 1. The number of aromatic nitrogens is 3. The molecule has 2 saturated heterocycles. The molecule has 0 atom stereocenters. The molecule has 2 aliphatic rings. The Bertz CT molecular complexity index is 1290. The van der Waals surface area contributed by atoms with Gasteiger partial charge in [-0.2, -0.15) is 0 Å². The molecule has 41 heavy (non-hydrogen) atoms. The highest BCUT2D eigenvalue weighted by Crippen LogP contribution is 2.31. The number of nitrogens with one attached hydrogen (secondary N) is 1. The number of hydrogen-bond acceptors (Lipinski definition) is 8. The lowest BCUT2D eigenvalue weighted by Gasteiger charge is -2.31. The molecule has 2 aromatic heterocycles. The van der Waals surface area contributed by atoms with Crippen LogP contribution in [0.3, 0.4) is 0 Å². The number of likely N-dealkylation sites (tertiary alicyclic amines) is 1. The number of carbonyl (C=O) groups is 1. The average molecular weight is 600 g/mol. The highest BCUT2D eigenvalue weighted by Gasteiger charge is 2.22. The number of halogens is 2. The van der Waals surface area contributed by atoms with Gasteiger partial charge in [0.25, 0.3) is 0 Å². The molecule has 4 heterocycles. The Labute approximate surface area is 250 Å². The third-order valence-corrected chi connectivity index (χ3v) is 7.99. The van der Waals surface area contributed by atoms with Gasteiger partial charge in [0, 0.05) is 54.3 Å². The van der Waals surface area contributed by atoms with Crippen molar-refractivity contribution in [1.29, 1.82) is 0 Å². The third-order valence-electron chi connectivity index (χ3n) is 7.56. The lowest BCUT2D eigenvalue weighted by Crippen LogP contribution is -2.33. The fourth-order valence-corrected chi connectivity index (χ4v) is 5.96. The third kappa shape index (κ3) is 8.75. The van der Waals surface area contributed by atoms with Crippen LogP contribution in [0.1, 0.15) is 44.1 Å². The Kier molecular flexibility index (Phi) is 10.3. The zero-order valence-corrected chi connectivity index (χ0v) is 24.6. The van der Waals surface area contributed by atoms with Crippen LogP contribution in [0.25, 0.3) is 11.3 Å². The minimum Gasteiger partial charge on any atom is -0.481 e. The van der Waals surface area contributed by atoms with Gasteiger partial charge in [-0.05, 0) is 81.1 Å². The van der Waals surface area contributed by atoms with Crippen molar-refractivity contribution in [3.8, 4) is 22.9 Å². The SMILES string of the molecule is O=C(O)CC1CCN(Cc2cc(Oc3cnc(N4CCCCCNCC4)nc3)nc(-c3cc(Cl)cc(Cl)c3)c2)CC1. The van der Waals surface area contributed by atoms with Crippen LogP contribution < -0.4 is 15.0 Å². The minimum atomic E-state index is -0.726. The Hall–Kier alpha value is -2.98. The molecule has 0 amide bonds. The molecular weight excluding hydrogens is 563 g/mol. The number of anilines is 1. The van der Waals surface area contributed by atoms with Crippen LogP contribution >= 0.6 is 23.2 Å². The van der Waals surface area contributed by atoms with Crippen LogP contribution in [-0.4, -0.2) is 70.2 Å². The summed E-state index contributed by atoms with van der Waals surface area (Å²) in [7, 11) is 0. The molecule has 0 saturated carbocycles. The van der Waals surface area contributed by atoms with E-state index in [1.165, 1.54) is 12.8 Å². The van der Waals surface area contributed by atoms with E-state index < -0.39 is 5.97 Å². The monoisotopic (exact) mass is 598 g/mol. The second-order valence-electron chi connectivity index (χ2n) is 10.8. The second-order valence-corrected chi connectivity index (χ2v) is 11.7. The molecule has 3 aromatic rings. The van der Waals surface area contributed by atoms with Crippen LogP contribution in [0.5, 0.6) is 11.6 Å². The van der Waals surface area contributed by atoms with Crippen molar-refractivity contribution in [2.75, 3.05) is 44.2 Å². The van der Waals surface area contributed by atoms with Gasteiger partial charge in [-0.15, -0.1) is 0 Å². The highest BCUT2D eigenvalue weighted by atomic mass is 35.5. The summed E-state index contributed by atoms with van der Waals surface area (Å²) in [4.78, 5) is 29.6. The van der Waals surface area contributed by atoms with Gasteiger partial charge in [0.2, 0.25) is 11.8 Å². The van der Waals surface area contributed by atoms with Gasteiger partial charge >= 0.3 is 5.97 Å². The van der Waals surface area contributed by atoms with Crippen LogP contribution in [0.2, 0.25) is 10.0 Å². The van der Waals surface area contributed by atoms with E-state index in [4.69, 9.17) is 38.0 Å². The van der Waals surface area contributed by atoms with Crippen molar-refractivity contribution in [2.45, 2.75) is 45.1 Å². The summed E-state index contributed by atoms with van der Waals surface area (Å²) in [5.74, 6) is 1.13. The summed E-state index contributed by atoms with van der Waals surface area (Å²) in [5, 5.41) is 13.7. The highest BCUT2D eigenvalue weighted by molar-refractivity contribution is 6.35. The van der Waals surface area contributed by atoms with Crippen LogP contribution in [0, 0.1) is 5.92 Å². The molecule has 0 aliphatic carbocycles. The van der Waals surface area contributed by atoms with Crippen molar-refractivity contribution in [2.24, 2.45) is 5.92 Å². The summed E-state index contributed by atoms with van der Waals surface area (Å²) in [5.41, 5.74) is 2.52. The van der Waals surface area contributed by atoms with E-state index in [1.54, 1.807) is 18.5 Å². The van der Waals surface area contributed by atoms with Gasteiger partial charge < -0.3 is 20.1 Å². The number of pyridine rings is 1. The predicted molar refractivity (Wildman–Crippen MR) is 161 cm³/mol. The second kappa shape index (κ2) is 14.3. The first-order valence-electron chi connectivity index (χ1n) is 14.3. The van der Waals surface area contributed by atoms with Crippen molar-refractivity contribution in [1.82, 2.24) is 25.2 Å². The zero-order valence-electron chi connectivity index (χ0n) is 23.1. The molecule has 0 unspecified atom stereocenters. The number of carboxylic acid groups (broad SMARTS) is 1. The Morgan fingerprint density at radius 3 is 2.44 bits per heavy atom. The van der Waals surface area contributed by atoms with E-state index >= 15 is 0 Å². The van der Waals surface area contributed by atoms with E-state index in [2.05, 4.69) is 25.1 Å². The van der Waals surface area contributed by atoms with Crippen LogP contribution in [-0.2, 0) is 11.3 Å². The van der Waals surface area contributed by atoms with Crippen LogP contribution in [0.15, 0.2) is 42.7 Å². The van der Waals surface area contributed by atoms with Gasteiger partial charge in [-0.25, -0.2) is 15.0 Å². The quantitative estimate of drug-likeness (QED) is 0.327. The minimum absolute atomic E-state index is 0.228. The molecule has 11 heteroatoms. The number of piperidine rings is 1. The molecule has 218 valence electrons. The van der Waals surface area contributed by atoms with Crippen molar-refractivity contribution >= 4 is 35.1 Å². The Morgan fingerprint density at radius 1 is 0.951 bits per heavy atom. The Morgan fingerprint density at radius 2 is 1.71 bits per heavy atom. The number of rotatable bonds is 8. The van der Waals surface area contributed by atoms with Gasteiger partial charge in [-0.3, -0.25) is 9.69 Å². The number of hydrogen-bond donors (Lipinski definition) is 2. The normalized spacial score (nSPS) is 17.5. The van der Waals surface area contributed by atoms with E-state index in [9.17, 15) is 4.79 Å². The number of nitrogens with zero attached hydrogens (tertiary/aromatic N) is 5. The average Bonchev–Trinajstić information content (AvgIpc) is 3.08. The summed E-state index contributed by atoms with van der Waals surface area (Å²) >= 11 is 12.6. The molecular formula is C30H36Cl2N6O3. The van der Waals surface area contributed by atoms with Crippen LogP contribution in [0.4, 0.5) is 5.95 Å². The fraction of sp³-hybridized carbons (Fsp3) is 0.467. The van der Waals surface area contributed by atoms with E-state index in [0.717, 1.165) is 69.7 Å². The summed E-state index contributed by atoms with van der Waals surface area (Å²) in [6.45, 7) is 6.14. The lowest BCUT2D eigenvalue weighted by atomic mass is 9.93. The summed E-state index contributed by atoms with van der Waals surface area (Å²) in [6, 6.07) is 9.31. The number of carboxylic acids is 1. The predicted octanol–water partition coefficient (Wildman–Crippen LogP) is 5.90.